The second-order valence-electron chi connectivity index (χ2n) is 7.02. The van der Waals surface area contributed by atoms with Gasteiger partial charge in [-0.25, -0.2) is 0 Å². The summed E-state index contributed by atoms with van der Waals surface area (Å²) in [5, 5.41) is 12.7. The molecule has 2 aliphatic rings. The quantitative estimate of drug-likeness (QED) is 0.755. The third kappa shape index (κ3) is 3.77. The summed E-state index contributed by atoms with van der Waals surface area (Å²) >= 11 is 1.60. The molecule has 1 aliphatic carbocycles. The highest BCUT2D eigenvalue weighted by Gasteiger charge is 2.38. The highest BCUT2D eigenvalue weighted by Crippen LogP contribution is 2.44. The lowest BCUT2D eigenvalue weighted by atomic mass is 9.84. The lowest BCUT2D eigenvalue weighted by Gasteiger charge is -2.28. The minimum absolute atomic E-state index is 0.105. The van der Waals surface area contributed by atoms with Gasteiger partial charge in [-0.05, 0) is 31.9 Å². The Labute approximate surface area is 151 Å². The smallest absolute Gasteiger partial charge is 0.240 e. The summed E-state index contributed by atoms with van der Waals surface area (Å²) in [7, 11) is 0. The first-order valence-electron chi connectivity index (χ1n) is 8.79. The van der Waals surface area contributed by atoms with Gasteiger partial charge in [-0.15, -0.1) is 11.3 Å². The van der Waals surface area contributed by atoms with Crippen LogP contribution in [0.2, 0.25) is 0 Å². The Bertz CT molecular complexity index is 660. The third-order valence-corrected chi connectivity index (χ3v) is 6.70. The molecule has 0 aromatic carbocycles. The van der Waals surface area contributed by atoms with Crippen LogP contribution >= 0.6 is 11.3 Å². The van der Waals surface area contributed by atoms with Crippen LogP contribution in [0.1, 0.15) is 61.3 Å². The van der Waals surface area contributed by atoms with Crippen molar-refractivity contribution in [1.29, 1.82) is 0 Å². The monoisotopic (exact) mass is 364 g/mol. The highest BCUT2D eigenvalue weighted by molar-refractivity contribution is 7.12. The van der Waals surface area contributed by atoms with Crippen LogP contribution in [0.25, 0.3) is 0 Å². The Balaban J connectivity index is 1.64. The number of imide groups is 1. The fourth-order valence-electron chi connectivity index (χ4n) is 3.69. The summed E-state index contributed by atoms with van der Waals surface area (Å²) in [5.41, 5.74) is -0.105. The lowest BCUT2D eigenvalue weighted by Crippen LogP contribution is -2.44. The second kappa shape index (κ2) is 7.25. The first-order chi connectivity index (χ1) is 11.9. The van der Waals surface area contributed by atoms with Crippen molar-refractivity contribution in [1.82, 2.24) is 10.2 Å². The van der Waals surface area contributed by atoms with E-state index in [0.29, 0.717) is 6.54 Å². The van der Waals surface area contributed by atoms with E-state index in [-0.39, 0.29) is 42.5 Å². The van der Waals surface area contributed by atoms with Crippen molar-refractivity contribution in [2.75, 3.05) is 13.1 Å². The first-order valence-corrected chi connectivity index (χ1v) is 9.61. The van der Waals surface area contributed by atoms with Gasteiger partial charge in [0.15, 0.2) is 0 Å². The minimum atomic E-state index is -0.487. The summed E-state index contributed by atoms with van der Waals surface area (Å²) in [6, 6.07) is 4.01. The molecule has 3 rings (SSSR count). The van der Waals surface area contributed by atoms with Gasteiger partial charge in [0.05, 0.1) is 6.10 Å². The normalized spacial score (nSPS) is 21.0. The zero-order valence-corrected chi connectivity index (χ0v) is 15.2. The van der Waals surface area contributed by atoms with Gasteiger partial charge in [-0.3, -0.25) is 19.3 Å². The van der Waals surface area contributed by atoms with Crippen LogP contribution in [0.4, 0.5) is 0 Å². The van der Waals surface area contributed by atoms with Crippen molar-refractivity contribution in [3.63, 3.8) is 0 Å². The Morgan fingerprint density at radius 2 is 1.92 bits per heavy atom. The fourth-order valence-corrected chi connectivity index (χ4v) is 4.88. The van der Waals surface area contributed by atoms with Crippen molar-refractivity contribution in [2.24, 2.45) is 0 Å². The predicted octanol–water partition coefficient (Wildman–Crippen LogP) is 1.88. The van der Waals surface area contributed by atoms with Gasteiger partial charge in [0.1, 0.15) is 6.54 Å². The Morgan fingerprint density at radius 3 is 2.48 bits per heavy atom. The van der Waals surface area contributed by atoms with E-state index in [4.69, 9.17) is 0 Å². The Hall–Kier alpha value is -1.73. The molecular weight excluding hydrogens is 340 g/mol. The van der Waals surface area contributed by atoms with Crippen molar-refractivity contribution in [3.8, 4) is 0 Å². The molecule has 2 fully saturated rings. The lowest BCUT2D eigenvalue weighted by molar-refractivity contribution is -0.142. The van der Waals surface area contributed by atoms with Gasteiger partial charge in [-0.2, -0.15) is 0 Å². The number of carbonyl (C=O) groups is 3. The SMILES string of the molecule is C[C@H](O)c1ccc(C2(CNC(=O)CN3C(=O)CCC3=O)CCCC2)s1. The number of likely N-dealkylation sites (tertiary alicyclic amines) is 1. The van der Waals surface area contributed by atoms with Crippen LogP contribution in [0, 0.1) is 0 Å². The van der Waals surface area contributed by atoms with E-state index in [1.54, 1.807) is 18.3 Å². The van der Waals surface area contributed by atoms with Crippen molar-refractivity contribution in [2.45, 2.75) is 57.0 Å². The molecule has 1 saturated heterocycles. The van der Waals surface area contributed by atoms with Crippen molar-refractivity contribution in [3.05, 3.63) is 21.9 Å². The number of aliphatic hydroxyl groups is 1. The number of carbonyl (C=O) groups excluding carboxylic acids is 3. The third-order valence-electron chi connectivity index (χ3n) is 5.20. The molecule has 0 spiro atoms. The molecule has 0 bridgehead atoms. The van der Waals surface area contributed by atoms with E-state index >= 15 is 0 Å². The number of amides is 3. The maximum atomic E-state index is 12.2. The molecule has 7 heteroatoms. The molecule has 0 radical (unpaired) electrons. The number of rotatable bonds is 6. The van der Waals surface area contributed by atoms with Gasteiger partial charge in [-0.1, -0.05) is 12.8 Å². The maximum absolute atomic E-state index is 12.2. The summed E-state index contributed by atoms with van der Waals surface area (Å²) < 4.78 is 0. The van der Waals surface area contributed by atoms with Crippen molar-refractivity contribution >= 4 is 29.1 Å². The summed E-state index contributed by atoms with van der Waals surface area (Å²) in [6.45, 7) is 2.07. The molecule has 1 saturated carbocycles. The number of hydrogen-bond donors (Lipinski definition) is 2. The van der Waals surface area contributed by atoms with E-state index in [1.807, 2.05) is 6.07 Å². The number of aliphatic hydroxyl groups excluding tert-OH is 1. The molecule has 25 heavy (non-hydrogen) atoms. The molecule has 0 unspecified atom stereocenters. The molecule has 1 aliphatic heterocycles. The first kappa shape index (κ1) is 18.1. The van der Waals surface area contributed by atoms with E-state index in [2.05, 4.69) is 11.4 Å². The molecule has 2 heterocycles. The molecule has 3 amide bonds. The minimum Gasteiger partial charge on any atom is -0.388 e. The van der Waals surface area contributed by atoms with Crippen LogP contribution < -0.4 is 5.32 Å². The van der Waals surface area contributed by atoms with Gasteiger partial charge in [0.25, 0.3) is 0 Å². The van der Waals surface area contributed by atoms with Crippen LogP contribution in [0.15, 0.2) is 12.1 Å². The summed E-state index contributed by atoms with van der Waals surface area (Å²) in [5.74, 6) is -0.826. The topological polar surface area (TPSA) is 86.7 Å². The van der Waals surface area contributed by atoms with Gasteiger partial charge >= 0.3 is 0 Å². The van der Waals surface area contributed by atoms with E-state index in [9.17, 15) is 19.5 Å². The average Bonchev–Trinajstić information content (AvgIpc) is 3.29. The number of hydrogen-bond acceptors (Lipinski definition) is 5. The average molecular weight is 364 g/mol. The van der Waals surface area contributed by atoms with Crippen molar-refractivity contribution < 1.29 is 19.5 Å². The Morgan fingerprint density at radius 1 is 1.28 bits per heavy atom. The molecule has 2 N–H and O–H groups in total. The standard InChI is InChI=1S/C18H24N2O4S/c1-12(21)13-4-5-14(25-13)18(8-2-3-9-18)11-19-15(22)10-20-16(23)6-7-17(20)24/h4-5,12,21H,2-3,6-11H2,1H3,(H,19,22)/t12-/m0/s1. The number of thiophene rings is 1. The van der Waals surface area contributed by atoms with Gasteiger partial charge < -0.3 is 10.4 Å². The summed E-state index contributed by atoms with van der Waals surface area (Å²) in [4.78, 5) is 38.7. The zero-order valence-electron chi connectivity index (χ0n) is 14.4. The molecule has 136 valence electrons. The number of nitrogens with one attached hydrogen (secondary N) is 1. The predicted molar refractivity (Wildman–Crippen MR) is 94.1 cm³/mol. The molecule has 1 aromatic heterocycles. The van der Waals surface area contributed by atoms with Crippen LogP contribution in [-0.2, 0) is 19.8 Å². The molecule has 6 nitrogen and oxygen atoms in total. The van der Waals surface area contributed by atoms with Gasteiger partial charge in [0, 0.05) is 34.6 Å². The van der Waals surface area contributed by atoms with E-state index in [1.165, 1.54) is 4.88 Å². The Kier molecular flexibility index (Phi) is 5.24. The van der Waals surface area contributed by atoms with E-state index < -0.39 is 6.10 Å². The molecule has 1 aromatic rings. The van der Waals surface area contributed by atoms with Crippen LogP contribution in [0.3, 0.4) is 0 Å². The molecule has 1 atom stereocenters. The number of nitrogens with zero attached hydrogens (tertiary/aromatic N) is 1. The fraction of sp³-hybridized carbons (Fsp3) is 0.611. The second-order valence-corrected chi connectivity index (χ2v) is 8.13. The molecular formula is C18H24N2O4S. The largest absolute Gasteiger partial charge is 0.388 e. The van der Waals surface area contributed by atoms with Gasteiger partial charge in [0.2, 0.25) is 17.7 Å². The summed E-state index contributed by atoms with van der Waals surface area (Å²) in [6.07, 6.45) is 4.13. The zero-order chi connectivity index (χ0) is 18.0. The van der Waals surface area contributed by atoms with E-state index in [0.717, 1.165) is 35.5 Å². The highest BCUT2D eigenvalue weighted by atomic mass is 32.1. The van der Waals surface area contributed by atoms with Crippen LogP contribution in [-0.4, -0.2) is 40.8 Å². The maximum Gasteiger partial charge on any atom is 0.240 e. The van der Waals surface area contributed by atoms with Crippen LogP contribution in [0.5, 0.6) is 0 Å².